The molecule has 3 nitrogen and oxygen atoms in total. The van der Waals surface area contributed by atoms with Gasteiger partial charge < -0.3 is 4.90 Å². The van der Waals surface area contributed by atoms with Crippen molar-refractivity contribution in [3.8, 4) is 6.07 Å². The number of carbonyl (C=O) groups is 1. The van der Waals surface area contributed by atoms with Crippen molar-refractivity contribution in [2.75, 3.05) is 11.4 Å². The highest BCUT2D eigenvalue weighted by molar-refractivity contribution is 5.99. The maximum absolute atomic E-state index is 12.8. The number of rotatable bonds is 3. The zero-order valence-corrected chi connectivity index (χ0v) is 11.4. The highest BCUT2D eigenvalue weighted by atomic mass is 16.2. The quantitative estimate of drug-likeness (QED) is 0.830. The predicted octanol–water partition coefficient (Wildman–Crippen LogP) is 3.51. The molecule has 0 bridgehead atoms. The molecular formula is C16H20N2O. The lowest BCUT2D eigenvalue weighted by molar-refractivity contribution is -0.126. The molecule has 19 heavy (non-hydrogen) atoms. The summed E-state index contributed by atoms with van der Waals surface area (Å²) in [6, 6.07) is 11.9. The van der Waals surface area contributed by atoms with Gasteiger partial charge in [0.15, 0.2) is 0 Å². The molecule has 0 aliphatic heterocycles. The van der Waals surface area contributed by atoms with Crippen LogP contribution >= 0.6 is 0 Å². The predicted molar refractivity (Wildman–Crippen MR) is 75.6 cm³/mol. The van der Waals surface area contributed by atoms with E-state index in [-0.39, 0.29) is 5.91 Å². The van der Waals surface area contributed by atoms with Crippen LogP contribution in [-0.4, -0.2) is 12.5 Å². The fourth-order valence-corrected chi connectivity index (χ4v) is 2.84. The van der Waals surface area contributed by atoms with Crippen molar-refractivity contribution in [2.45, 2.75) is 39.0 Å². The summed E-state index contributed by atoms with van der Waals surface area (Å²) >= 11 is 0. The number of nitrogens with zero attached hydrogens (tertiary/aromatic N) is 2. The van der Waals surface area contributed by atoms with E-state index < -0.39 is 5.41 Å². The van der Waals surface area contributed by atoms with E-state index in [1.54, 1.807) is 4.90 Å². The van der Waals surface area contributed by atoms with Crippen molar-refractivity contribution in [3.05, 3.63) is 30.3 Å². The summed E-state index contributed by atoms with van der Waals surface area (Å²) in [5.74, 6) is -0.0246. The number of hydrogen-bond donors (Lipinski definition) is 0. The van der Waals surface area contributed by atoms with E-state index in [1.807, 2.05) is 37.3 Å². The van der Waals surface area contributed by atoms with Gasteiger partial charge in [-0.15, -0.1) is 0 Å². The van der Waals surface area contributed by atoms with E-state index in [0.717, 1.165) is 24.9 Å². The van der Waals surface area contributed by atoms with Gasteiger partial charge in [-0.2, -0.15) is 5.26 Å². The SMILES string of the molecule is CCN(C(=O)C1(C#N)CCCCC1)c1ccccc1. The van der Waals surface area contributed by atoms with Gasteiger partial charge in [0.1, 0.15) is 5.41 Å². The number of hydrogen-bond acceptors (Lipinski definition) is 2. The van der Waals surface area contributed by atoms with Crippen molar-refractivity contribution in [1.82, 2.24) is 0 Å². The largest absolute Gasteiger partial charge is 0.311 e. The summed E-state index contributed by atoms with van der Waals surface area (Å²) in [5, 5.41) is 9.51. The van der Waals surface area contributed by atoms with Crippen molar-refractivity contribution in [3.63, 3.8) is 0 Å². The molecule has 0 heterocycles. The van der Waals surface area contributed by atoms with E-state index in [2.05, 4.69) is 6.07 Å². The van der Waals surface area contributed by atoms with Crippen molar-refractivity contribution < 1.29 is 4.79 Å². The summed E-state index contributed by atoms with van der Waals surface area (Å²) in [6.07, 6.45) is 4.49. The Hall–Kier alpha value is -1.82. The van der Waals surface area contributed by atoms with E-state index >= 15 is 0 Å². The fraction of sp³-hybridized carbons (Fsp3) is 0.500. The number of nitriles is 1. The molecule has 0 N–H and O–H groups in total. The summed E-state index contributed by atoms with van der Waals surface area (Å²) in [7, 11) is 0. The molecular weight excluding hydrogens is 236 g/mol. The van der Waals surface area contributed by atoms with Crippen LogP contribution in [-0.2, 0) is 4.79 Å². The molecule has 1 fully saturated rings. The van der Waals surface area contributed by atoms with Gasteiger partial charge in [-0.05, 0) is 31.9 Å². The van der Waals surface area contributed by atoms with Crippen LogP contribution in [0.5, 0.6) is 0 Å². The fourth-order valence-electron chi connectivity index (χ4n) is 2.84. The Balaban J connectivity index is 2.28. The molecule has 3 heteroatoms. The van der Waals surface area contributed by atoms with Crippen molar-refractivity contribution in [2.24, 2.45) is 5.41 Å². The van der Waals surface area contributed by atoms with Gasteiger partial charge in [-0.1, -0.05) is 37.5 Å². The van der Waals surface area contributed by atoms with Crippen LogP contribution in [0.15, 0.2) is 30.3 Å². The Morgan fingerprint density at radius 2 is 1.89 bits per heavy atom. The van der Waals surface area contributed by atoms with Crippen LogP contribution in [0, 0.1) is 16.7 Å². The Morgan fingerprint density at radius 3 is 2.42 bits per heavy atom. The topological polar surface area (TPSA) is 44.1 Å². The second kappa shape index (κ2) is 5.88. The second-order valence-electron chi connectivity index (χ2n) is 5.14. The van der Waals surface area contributed by atoms with Gasteiger partial charge in [0, 0.05) is 12.2 Å². The van der Waals surface area contributed by atoms with Gasteiger partial charge in [0.25, 0.3) is 0 Å². The first-order chi connectivity index (χ1) is 9.23. The van der Waals surface area contributed by atoms with Gasteiger partial charge in [0.2, 0.25) is 5.91 Å². The third-order valence-electron chi connectivity index (χ3n) is 3.96. The number of carbonyl (C=O) groups excluding carboxylic acids is 1. The highest BCUT2D eigenvalue weighted by Crippen LogP contribution is 2.38. The lowest BCUT2D eigenvalue weighted by atomic mass is 9.74. The first-order valence-electron chi connectivity index (χ1n) is 7.02. The average Bonchev–Trinajstić information content (AvgIpc) is 2.49. The smallest absolute Gasteiger partial charge is 0.247 e. The second-order valence-corrected chi connectivity index (χ2v) is 5.14. The summed E-state index contributed by atoms with van der Waals surface area (Å²) in [6.45, 7) is 2.56. The molecule has 0 spiro atoms. The molecule has 0 saturated heterocycles. The standard InChI is InChI=1S/C16H20N2O/c1-2-18(14-9-5-3-6-10-14)15(19)16(13-17)11-7-4-8-12-16/h3,5-6,9-10H,2,4,7-8,11-12H2,1H3. The molecule has 1 aliphatic carbocycles. The van der Waals surface area contributed by atoms with Crippen LogP contribution in [0.4, 0.5) is 5.69 Å². The lowest BCUT2D eigenvalue weighted by Crippen LogP contribution is -2.44. The normalized spacial score (nSPS) is 17.5. The third-order valence-corrected chi connectivity index (χ3v) is 3.96. The summed E-state index contributed by atoms with van der Waals surface area (Å²) < 4.78 is 0. The molecule has 2 rings (SSSR count). The van der Waals surface area contributed by atoms with E-state index in [0.29, 0.717) is 19.4 Å². The molecule has 0 radical (unpaired) electrons. The van der Waals surface area contributed by atoms with Crippen molar-refractivity contribution in [1.29, 1.82) is 5.26 Å². The molecule has 1 aliphatic rings. The molecule has 1 amide bonds. The van der Waals surface area contributed by atoms with Gasteiger partial charge in [-0.3, -0.25) is 4.79 Å². The zero-order chi connectivity index (χ0) is 13.7. The van der Waals surface area contributed by atoms with E-state index in [1.165, 1.54) is 0 Å². The Bertz CT molecular complexity index is 469. The monoisotopic (exact) mass is 256 g/mol. The van der Waals surface area contributed by atoms with Crippen molar-refractivity contribution >= 4 is 11.6 Å². The Labute approximate surface area is 114 Å². The molecule has 0 aromatic heterocycles. The third kappa shape index (κ3) is 2.63. The van der Waals surface area contributed by atoms with Gasteiger partial charge in [-0.25, -0.2) is 0 Å². The van der Waals surface area contributed by atoms with Gasteiger partial charge >= 0.3 is 0 Å². The summed E-state index contributed by atoms with van der Waals surface area (Å²) in [5.41, 5.74) is 0.0830. The number of para-hydroxylation sites is 1. The number of anilines is 1. The molecule has 100 valence electrons. The molecule has 1 aromatic rings. The number of amides is 1. The maximum atomic E-state index is 12.8. The maximum Gasteiger partial charge on any atom is 0.247 e. The average molecular weight is 256 g/mol. The first kappa shape index (κ1) is 13.6. The minimum Gasteiger partial charge on any atom is -0.311 e. The van der Waals surface area contributed by atoms with Crippen LogP contribution in [0.2, 0.25) is 0 Å². The highest BCUT2D eigenvalue weighted by Gasteiger charge is 2.42. The zero-order valence-electron chi connectivity index (χ0n) is 11.4. The Morgan fingerprint density at radius 1 is 1.26 bits per heavy atom. The lowest BCUT2D eigenvalue weighted by Gasteiger charge is -2.34. The van der Waals surface area contributed by atoms with Crippen LogP contribution in [0.1, 0.15) is 39.0 Å². The summed E-state index contributed by atoms with van der Waals surface area (Å²) in [4.78, 5) is 14.5. The molecule has 0 atom stereocenters. The molecule has 1 aromatic carbocycles. The first-order valence-corrected chi connectivity index (χ1v) is 7.02. The van der Waals surface area contributed by atoms with Crippen LogP contribution < -0.4 is 4.90 Å². The molecule has 0 unspecified atom stereocenters. The van der Waals surface area contributed by atoms with E-state index in [4.69, 9.17) is 0 Å². The Kier molecular flexibility index (Phi) is 4.21. The minimum absolute atomic E-state index is 0.0246. The minimum atomic E-state index is -0.801. The van der Waals surface area contributed by atoms with Crippen LogP contribution in [0.25, 0.3) is 0 Å². The van der Waals surface area contributed by atoms with Crippen LogP contribution in [0.3, 0.4) is 0 Å². The molecule has 1 saturated carbocycles. The van der Waals surface area contributed by atoms with E-state index in [9.17, 15) is 10.1 Å². The van der Waals surface area contributed by atoms with Gasteiger partial charge in [0.05, 0.1) is 6.07 Å². The number of benzene rings is 1.